The van der Waals surface area contributed by atoms with Crippen LogP contribution in [-0.4, -0.2) is 17.7 Å². The van der Waals surface area contributed by atoms with E-state index in [-0.39, 0.29) is 6.10 Å². The molecule has 5 nitrogen and oxygen atoms in total. The summed E-state index contributed by atoms with van der Waals surface area (Å²) in [6.45, 7) is 5.25. The van der Waals surface area contributed by atoms with E-state index < -0.39 is 0 Å². The Balaban J connectivity index is 1.78. The second kappa shape index (κ2) is 6.57. The Morgan fingerprint density at radius 1 is 1.43 bits per heavy atom. The average molecular weight is 309 g/mol. The number of anilines is 1. The minimum atomic E-state index is 0.211. The first kappa shape index (κ1) is 15.2. The predicted molar refractivity (Wildman–Crippen MR) is 87.7 cm³/mol. The van der Waals surface area contributed by atoms with Crippen LogP contribution in [0.25, 0.3) is 0 Å². The molecule has 2 heterocycles. The standard InChI is InChI=1S/C18H19N3O2/c1-3-22-16-7-14-6-12(2)23-17(14)8-15(16)11-21-18-5-4-13(9-19)10-20-18/h4-5,7-8,10,12H,3,6,11H2,1-2H3,(H,20,21)/t12-/m0/s1. The van der Waals surface area contributed by atoms with Gasteiger partial charge in [-0.05, 0) is 38.1 Å². The highest BCUT2D eigenvalue weighted by atomic mass is 16.5. The molecule has 1 N–H and O–H groups in total. The normalized spacial score (nSPS) is 15.4. The summed E-state index contributed by atoms with van der Waals surface area (Å²) in [5.74, 6) is 2.54. The van der Waals surface area contributed by atoms with Crippen molar-refractivity contribution in [3.63, 3.8) is 0 Å². The number of nitriles is 1. The van der Waals surface area contributed by atoms with Crippen molar-refractivity contribution in [1.29, 1.82) is 5.26 Å². The molecule has 3 rings (SSSR count). The summed E-state index contributed by atoms with van der Waals surface area (Å²) in [6.07, 6.45) is 2.68. The van der Waals surface area contributed by atoms with Crippen LogP contribution in [0.5, 0.6) is 11.5 Å². The topological polar surface area (TPSA) is 67.2 Å². The van der Waals surface area contributed by atoms with Crippen LogP contribution in [0.1, 0.15) is 30.5 Å². The van der Waals surface area contributed by atoms with Crippen molar-refractivity contribution in [2.45, 2.75) is 32.9 Å². The summed E-state index contributed by atoms with van der Waals surface area (Å²) in [7, 11) is 0. The van der Waals surface area contributed by atoms with Crippen molar-refractivity contribution in [2.75, 3.05) is 11.9 Å². The van der Waals surface area contributed by atoms with Gasteiger partial charge in [-0.15, -0.1) is 0 Å². The molecule has 1 aromatic carbocycles. The van der Waals surface area contributed by atoms with Gasteiger partial charge >= 0.3 is 0 Å². The molecule has 1 atom stereocenters. The Morgan fingerprint density at radius 2 is 2.30 bits per heavy atom. The zero-order chi connectivity index (χ0) is 16.2. The Morgan fingerprint density at radius 3 is 3.00 bits per heavy atom. The molecular formula is C18H19N3O2. The summed E-state index contributed by atoms with van der Waals surface area (Å²) < 4.78 is 11.6. The molecule has 0 spiro atoms. The van der Waals surface area contributed by atoms with Gasteiger partial charge in [0.05, 0.1) is 12.2 Å². The molecule has 1 aliphatic heterocycles. The van der Waals surface area contributed by atoms with Gasteiger partial charge in [0.2, 0.25) is 0 Å². The monoisotopic (exact) mass is 309 g/mol. The zero-order valence-corrected chi connectivity index (χ0v) is 13.3. The summed E-state index contributed by atoms with van der Waals surface area (Å²) in [5, 5.41) is 12.1. The molecule has 118 valence electrons. The first-order valence-electron chi connectivity index (χ1n) is 7.75. The highest BCUT2D eigenvalue weighted by molar-refractivity contribution is 5.50. The van der Waals surface area contributed by atoms with Gasteiger partial charge in [0.25, 0.3) is 0 Å². The van der Waals surface area contributed by atoms with Crippen LogP contribution in [0, 0.1) is 11.3 Å². The van der Waals surface area contributed by atoms with Crippen molar-refractivity contribution < 1.29 is 9.47 Å². The largest absolute Gasteiger partial charge is 0.494 e. The number of pyridine rings is 1. The first-order valence-corrected chi connectivity index (χ1v) is 7.75. The lowest BCUT2D eigenvalue weighted by atomic mass is 10.1. The molecule has 0 saturated carbocycles. The number of hydrogen-bond donors (Lipinski definition) is 1. The smallest absolute Gasteiger partial charge is 0.126 e. The Labute approximate surface area is 135 Å². The predicted octanol–water partition coefficient (Wildman–Crippen LogP) is 3.29. The molecule has 0 bridgehead atoms. The number of fused-ring (bicyclic) bond motifs is 1. The van der Waals surface area contributed by atoms with Crippen LogP contribution >= 0.6 is 0 Å². The highest BCUT2D eigenvalue weighted by Crippen LogP contribution is 2.35. The molecule has 0 unspecified atom stereocenters. The van der Waals surface area contributed by atoms with Gasteiger partial charge in [-0.3, -0.25) is 0 Å². The number of nitrogens with zero attached hydrogens (tertiary/aromatic N) is 2. The number of hydrogen-bond acceptors (Lipinski definition) is 5. The lowest BCUT2D eigenvalue weighted by molar-refractivity contribution is 0.254. The van der Waals surface area contributed by atoms with Crippen LogP contribution in [0.3, 0.4) is 0 Å². The summed E-state index contributed by atoms with van der Waals surface area (Å²) in [5.41, 5.74) is 2.78. The fourth-order valence-electron chi connectivity index (χ4n) is 2.66. The van der Waals surface area contributed by atoms with Gasteiger partial charge in [-0.25, -0.2) is 4.98 Å². The molecule has 1 aliphatic rings. The minimum Gasteiger partial charge on any atom is -0.494 e. The third kappa shape index (κ3) is 3.37. The summed E-state index contributed by atoms with van der Waals surface area (Å²) in [6, 6.07) is 9.72. The summed E-state index contributed by atoms with van der Waals surface area (Å²) in [4.78, 5) is 4.22. The molecule has 23 heavy (non-hydrogen) atoms. The molecule has 1 aromatic heterocycles. The molecule has 0 radical (unpaired) electrons. The van der Waals surface area contributed by atoms with E-state index in [0.717, 1.165) is 29.3 Å². The lowest BCUT2D eigenvalue weighted by Gasteiger charge is -2.13. The second-order valence-corrected chi connectivity index (χ2v) is 5.53. The van der Waals surface area contributed by atoms with E-state index in [1.54, 1.807) is 18.3 Å². The third-order valence-electron chi connectivity index (χ3n) is 3.73. The Kier molecular flexibility index (Phi) is 4.33. The second-order valence-electron chi connectivity index (χ2n) is 5.53. The highest BCUT2D eigenvalue weighted by Gasteiger charge is 2.21. The van der Waals surface area contributed by atoms with Crippen molar-refractivity contribution in [3.05, 3.63) is 47.2 Å². The number of rotatable bonds is 5. The van der Waals surface area contributed by atoms with E-state index >= 15 is 0 Å². The molecule has 0 saturated heterocycles. The first-order chi connectivity index (χ1) is 11.2. The number of aromatic nitrogens is 1. The van der Waals surface area contributed by atoms with Gasteiger partial charge in [0, 0.05) is 30.3 Å². The Hall–Kier alpha value is -2.74. The molecule has 5 heteroatoms. The van der Waals surface area contributed by atoms with Crippen molar-refractivity contribution >= 4 is 5.82 Å². The van der Waals surface area contributed by atoms with E-state index in [0.29, 0.717) is 18.7 Å². The van der Waals surface area contributed by atoms with Crippen LogP contribution in [0.15, 0.2) is 30.5 Å². The van der Waals surface area contributed by atoms with Crippen molar-refractivity contribution in [2.24, 2.45) is 0 Å². The van der Waals surface area contributed by atoms with Gasteiger partial charge in [0.15, 0.2) is 0 Å². The van der Waals surface area contributed by atoms with Gasteiger partial charge < -0.3 is 14.8 Å². The molecule has 0 fully saturated rings. The minimum absolute atomic E-state index is 0.211. The van der Waals surface area contributed by atoms with Gasteiger partial charge in [0.1, 0.15) is 29.5 Å². The molecule has 2 aromatic rings. The molecular weight excluding hydrogens is 290 g/mol. The van der Waals surface area contributed by atoms with E-state index in [2.05, 4.69) is 29.4 Å². The SMILES string of the molecule is CCOc1cc2c(cc1CNc1ccc(C#N)cn1)O[C@@H](C)C2. The van der Waals surface area contributed by atoms with Gasteiger partial charge in [-0.1, -0.05) is 0 Å². The number of ether oxygens (including phenoxy) is 2. The molecule has 0 aliphatic carbocycles. The third-order valence-corrected chi connectivity index (χ3v) is 3.73. The maximum atomic E-state index is 8.80. The van der Waals surface area contributed by atoms with Crippen molar-refractivity contribution in [3.8, 4) is 17.6 Å². The maximum absolute atomic E-state index is 8.80. The quantitative estimate of drug-likeness (QED) is 0.918. The van der Waals surface area contributed by atoms with Crippen LogP contribution in [0.2, 0.25) is 0 Å². The van der Waals surface area contributed by atoms with Crippen molar-refractivity contribution in [1.82, 2.24) is 4.98 Å². The lowest BCUT2D eigenvalue weighted by Crippen LogP contribution is -2.05. The van der Waals surface area contributed by atoms with E-state index in [9.17, 15) is 0 Å². The van der Waals surface area contributed by atoms with E-state index in [1.807, 2.05) is 13.0 Å². The van der Waals surface area contributed by atoms with Crippen LogP contribution < -0.4 is 14.8 Å². The fourth-order valence-corrected chi connectivity index (χ4v) is 2.66. The fraction of sp³-hybridized carbons (Fsp3) is 0.333. The van der Waals surface area contributed by atoms with Gasteiger partial charge in [-0.2, -0.15) is 5.26 Å². The molecule has 0 amide bonds. The van der Waals surface area contributed by atoms with Crippen LogP contribution in [-0.2, 0) is 13.0 Å². The van der Waals surface area contributed by atoms with E-state index in [1.165, 1.54) is 5.56 Å². The number of nitrogens with one attached hydrogen (secondary N) is 1. The zero-order valence-electron chi connectivity index (χ0n) is 13.3. The average Bonchev–Trinajstić information content (AvgIpc) is 2.92. The number of benzene rings is 1. The van der Waals surface area contributed by atoms with Crippen LogP contribution in [0.4, 0.5) is 5.82 Å². The maximum Gasteiger partial charge on any atom is 0.126 e. The Bertz CT molecular complexity index is 735. The van der Waals surface area contributed by atoms with E-state index in [4.69, 9.17) is 14.7 Å². The summed E-state index contributed by atoms with van der Waals surface area (Å²) >= 11 is 0.